The summed E-state index contributed by atoms with van der Waals surface area (Å²) >= 11 is 0. The molecule has 0 atom stereocenters. The van der Waals surface area contributed by atoms with Gasteiger partial charge in [-0.25, -0.2) is 0 Å². The first-order valence-electron chi connectivity index (χ1n) is 5.87. The molecule has 0 saturated heterocycles. The van der Waals surface area contributed by atoms with Gasteiger partial charge in [0, 0.05) is 23.9 Å². The van der Waals surface area contributed by atoms with E-state index in [9.17, 15) is 0 Å². The van der Waals surface area contributed by atoms with Gasteiger partial charge in [-0.2, -0.15) is 0 Å². The van der Waals surface area contributed by atoms with Crippen molar-refractivity contribution in [3.8, 4) is 11.1 Å². The lowest BCUT2D eigenvalue weighted by atomic mass is 10.0. The van der Waals surface area contributed by atoms with Gasteiger partial charge in [-0.3, -0.25) is 4.98 Å². The maximum Gasteiger partial charge on any atom is 0.0349 e. The van der Waals surface area contributed by atoms with Gasteiger partial charge in [0.15, 0.2) is 0 Å². The van der Waals surface area contributed by atoms with Crippen LogP contribution in [0.1, 0.15) is 11.1 Å². The molecule has 0 fully saturated rings. The largest absolute Gasteiger partial charge is 0.264 e. The fourth-order valence-electron chi connectivity index (χ4n) is 2.79. The van der Waals surface area contributed by atoms with E-state index in [1.165, 1.54) is 33.0 Å². The molecule has 0 spiro atoms. The molecule has 1 aliphatic rings. The van der Waals surface area contributed by atoms with E-state index < -0.39 is 0 Å². The zero-order chi connectivity index (χ0) is 11.2. The third-order valence-corrected chi connectivity index (χ3v) is 3.61. The normalized spacial score (nSPS) is 11.8. The van der Waals surface area contributed by atoms with Crippen LogP contribution in [0.2, 0.25) is 0 Å². The number of hydrogen-bond donors (Lipinski definition) is 0. The molecule has 2 heteroatoms. The number of nitrogens with zero attached hydrogens (tertiary/aromatic N) is 2. The van der Waals surface area contributed by atoms with Crippen molar-refractivity contribution in [1.82, 2.24) is 11.1 Å². The van der Waals surface area contributed by atoms with Crippen LogP contribution in [0, 0.1) is 0 Å². The first-order valence-corrected chi connectivity index (χ1v) is 5.87. The standard InChI is InChI=1S/C16H11N.N/c1-2-4-13-12(3-1)9-15-14(13)6-5-11-7-8-17-10-16(11)15;/h1-8,10H,9H2;. The Balaban J connectivity index is 0.000001000. The highest BCUT2D eigenvalue weighted by molar-refractivity contribution is 5.94. The predicted molar refractivity (Wildman–Crippen MR) is 72.1 cm³/mol. The van der Waals surface area contributed by atoms with Crippen LogP contribution < -0.4 is 6.15 Å². The summed E-state index contributed by atoms with van der Waals surface area (Å²) in [5.41, 5.74) is 5.62. The van der Waals surface area contributed by atoms with Gasteiger partial charge in [0.05, 0.1) is 0 Å². The summed E-state index contributed by atoms with van der Waals surface area (Å²) in [4.78, 5) is 4.25. The van der Waals surface area contributed by atoms with E-state index in [1.54, 1.807) is 0 Å². The SMILES string of the molecule is [N].c1ccc2c(c1)Cc1c-2ccc2ccncc12. The maximum atomic E-state index is 4.25. The molecule has 3 radical (unpaired) electrons. The number of pyridine rings is 1. The quantitative estimate of drug-likeness (QED) is 0.457. The molecule has 4 rings (SSSR count). The summed E-state index contributed by atoms with van der Waals surface area (Å²) in [7, 11) is 0. The predicted octanol–water partition coefficient (Wildman–Crippen LogP) is 3.33. The second-order valence-electron chi connectivity index (χ2n) is 4.52. The van der Waals surface area contributed by atoms with E-state index in [4.69, 9.17) is 0 Å². The van der Waals surface area contributed by atoms with Gasteiger partial charge in [0.1, 0.15) is 0 Å². The van der Waals surface area contributed by atoms with Crippen LogP contribution in [0.25, 0.3) is 21.9 Å². The van der Waals surface area contributed by atoms with Crippen molar-refractivity contribution in [2.45, 2.75) is 6.42 Å². The van der Waals surface area contributed by atoms with E-state index in [0.29, 0.717) is 0 Å². The summed E-state index contributed by atoms with van der Waals surface area (Å²) in [5.74, 6) is 0. The minimum absolute atomic E-state index is 0. The summed E-state index contributed by atoms with van der Waals surface area (Å²) in [6.07, 6.45) is 4.88. The number of fused-ring (bicyclic) bond motifs is 5. The number of rotatable bonds is 0. The van der Waals surface area contributed by atoms with E-state index in [0.717, 1.165) is 6.42 Å². The summed E-state index contributed by atoms with van der Waals surface area (Å²) in [6.45, 7) is 0. The van der Waals surface area contributed by atoms with Crippen molar-refractivity contribution in [3.63, 3.8) is 0 Å². The highest BCUT2D eigenvalue weighted by Crippen LogP contribution is 2.39. The van der Waals surface area contributed by atoms with Crippen LogP contribution in [0.4, 0.5) is 0 Å². The van der Waals surface area contributed by atoms with Gasteiger partial charge >= 0.3 is 0 Å². The first kappa shape index (κ1) is 10.9. The van der Waals surface area contributed by atoms with Crippen molar-refractivity contribution >= 4 is 10.8 Å². The van der Waals surface area contributed by atoms with Crippen molar-refractivity contribution in [2.75, 3.05) is 0 Å². The van der Waals surface area contributed by atoms with E-state index in [1.807, 2.05) is 12.4 Å². The molecular weight excluding hydrogens is 220 g/mol. The second-order valence-corrected chi connectivity index (χ2v) is 4.52. The molecule has 0 amide bonds. The van der Waals surface area contributed by atoms with Gasteiger partial charge in [-0.15, -0.1) is 0 Å². The molecule has 0 N–H and O–H groups in total. The Morgan fingerprint density at radius 3 is 2.72 bits per heavy atom. The molecule has 1 aromatic heterocycles. The Morgan fingerprint density at radius 1 is 0.889 bits per heavy atom. The molecule has 3 aromatic rings. The molecule has 0 aliphatic heterocycles. The van der Waals surface area contributed by atoms with Crippen LogP contribution in [-0.2, 0) is 6.42 Å². The smallest absolute Gasteiger partial charge is 0.0349 e. The molecule has 18 heavy (non-hydrogen) atoms. The van der Waals surface area contributed by atoms with E-state index in [-0.39, 0.29) is 6.15 Å². The molecule has 0 saturated carbocycles. The van der Waals surface area contributed by atoms with Gasteiger partial charge in [0.2, 0.25) is 0 Å². The van der Waals surface area contributed by atoms with Crippen molar-refractivity contribution in [2.24, 2.45) is 0 Å². The lowest BCUT2D eigenvalue weighted by Crippen LogP contribution is -1.84. The Hall–Kier alpha value is -2.19. The highest BCUT2D eigenvalue weighted by Gasteiger charge is 2.19. The second kappa shape index (κ2) is 3.93. The molecular formula is C16H11N2. The topological polar surface area (TPSA) is 43.4 Å². The van der Waals surface area contributed by atoms with Crippen molar-refractivity contribution in [3.05, 3.63) is 66.0 Å². The van der Waals surface area contributed by atoms with E-state index in [2.05, 4.69) is 47.4 Å². The molecule has 0 bridgehead atoms. The zero-order valence-corrected chi connectivity index (χ0v) is 9.80. The van der Waals surface area contributed by atoms with Crippen LogP contribution in [0.15, 0.2) is 54.9 Å². The van der Waals surface area contributed by atoms with Crippen LogP contribution >= 0.6 is 0 Å². The van der Waals surface area contributed by atoms with Crippen LogP contribution in [-0.4, -0.2) is 4.98 Å². The minimum atomic E-state index is 0. The fourth-order valence-corrected chi connectivity index (χ4v) is 2.79. The Morgan fingerprint density at radius 2 is 1.78 bits per heavy atom. The van der Waals surface area contributed by atoms with Gasteiger partial charge in [-0.1, -0.05) is 36.4 Å². The first-order chi connectivity index (χ1) is 8.43. The Labute approximate surface area is 106 Å². The van der Waals surface area contributed by atoms with Gasteiger partial charge in [-0.05, 0) is 40.1 Å². The number of hydrogen-bond acceptors (Lipinski definition) is 1. The monoisotopic (exact) mass is 231 g/mol. The fraction of sp³-hybridized carbons (Fsp3) is 0.0625. The molecule has 1 aliphatic carbocycles. The van der Waals surface area contributed by atoms with Gasteiger partial charge in [0.25, 0.3) is 0 Å². The van der Waals surface area contributed by atoms with Crippen molar-refractivity contribution in [1.29, 1.82) is 0 Å². The van der Waals surface area contributed by atoms with Gasteiger partial charge < -0.3 is 0 Å². The molecule has 85 valence electrons. The summed E-state index contributed by atoms with van der Waals surface area (Å²) in [5, 5.41) is 2.58. The molecule has 0 unspecified atom stereocenters. The average molecular weight is 231 g/mol. The highest BCUT2D eigenvalue weighted by atomic mass is 14.6. The lowest BCUT2D eigenvalue weighted by molar-refractivity contribution is 1.27. The lowest BCUT2D eigenvalue weighted by Gasteiger charge is -2.04. The molecule has 2 nitrogen and oxygen atoms in total. The average Bonchev–Trinajstić information content (AvgIpc) is 2.78. The van der Waals surface area contributed by atoms with Crippen LogP contribution in [0.5, 0.6) is 0 Å². The van der Waals surface area contributed by atoms with E-state index >= 15 is 0 Å². The molecule has 1 heterocycles. The molecule has 2 aromatic carbocycles. The Kier molecular flexibility index (Phi) is 2.39. The number of aromatic nitrogens is 1. The minimum Gasteiger partial charge on any atom is -0.264 e. The summed E-state index contributed by atoms with van der Waals surface area (Å²) in [6, 6.07) is 15.2. The number of benzene rings is 2. The van der Waals surface area contributed by atoms with Crippen molar-refractivity contribution < 1.29 is 0 Å². The Bertz CT molecular complexity index is 732. The maximum absolute atomic E-state index is 4.25. The zero-order valence-electron chi connectivity index (χ0n) is 9.80. The third-order valence-electron chi connectivity index (χ3n) is 3.61. The summed E-state index contributed by atoms with van der Waals surface area (Å²) < 4.78 is 0. The van der Waals surface area contributed by atoms with Crippen LogP contribution in [0.3, 0.4) is 0 Å². The third kappa shape index (κ3) is 1.36.